The molecule has 0 amide bonds. The maximum atomic E-state index is 2.51. The van der Waals surface area contributed by atoms with Crippen LogP contribution in [0.3, 0.4) is 0 Å². The van der Waals surface area contributed by atoms with E-state index in [1.54, 1.807) is 0 Å². The van der Waals surface area contributed by atoms with Gasteiger partial charge in [-0.25, -0.2) is 0 Å². The van der Waals surface area contributed by atoms with Crippen LogP contribution in [-0.2, 0) is 5.41 Å². The Balaban J connectivity index is 1.38. The summed E-state index contributed by atoms with van der Waals surface area (Å²) >= 11 is 0. The Morgan fingerprint density at radius 1 is 0.286 bits per heavy atom. The van der Waals surface area contributed by atoms with Gasteiger partial charge in [0.25, 0.3) is 0 Å². The average molecular weight is 853 g/mol. The van der Waals surface area contributed by atoms with Crippen molar-refractivity contribution in [2.45, 2.75) is 88.5 Å². The summed E-state index contributed by atoms with van der Waals surface area (Å²) in [5.74, 6) is 0. The van der Waals surface area contributed by atoms with E-state index in [4.69, 9.17) is 0 Å². The predicted molar refractivity (Wildman–Crippen MR) is 277 cm³/mol. The van der Waals surface area contributed by atoms with Gasteiger partial charge < -0.3 is 0 Å². The third kappa shape index (κ3) is 6.23. The smallest absolute Gasteiger partial charge is 0.0619 e. The zero-order valence-electron chi connectivity index (χ0n) is 39.1. The second kappa shape index (κ2) is 15.4. The van der Waals surface area contributed by atoms with E-state index in [2.05, 4.69) is 217 Å². The maximum Gasteiger partial charge on any atom is 0.0738 e. The standard InChI is InChI=1S/C61H58P2/c1-35-27-47(28-36(2)43(35)9)62(48-29-37(3)44(10)38(4)30-48)57-25-17-21-53-51-19-13-15-23-55(51)61(59(53)57)56-24-16-14-20-52(56)54-22-18-26-58(60(54)61)63(49-31-39(5)45(11)40(6)32-49)50-33-41(7)46(12)42(8)34-50/h13-34H,1-12H3. The van der Waals surface area contributed by atoms with Crippen molar-refractivity contribution in [3.63, 3.8) is 0 Å². The van der Waals surface area contributed by atoms with Crippen molar-refractivity contribution < 1.29 is 0 Å². The molecule has 63 heavy (non-hydrogen) atoms. The lowest BCUT2D eigenvalue weighted by atomic mass is 9.70. The van der Waals surface area contributed by atoms with E-state index in [1.807, 2.05) is 0 Å². The normalized spacial score (nSPS) is 13.2. The Kier molecular flexibility index (Phi) is 10.2. The molecule has 2 aliphatic carbocycles. The van der Waals surface area contributed by atoms with Crippen molar-refractivity contribution in [1.29, 1.82) is 0 Å². The first kappa shape index (κ1) is 41.6. The minimum Gasteiger partial charge on any atom is -0.0619 e. The van der Waals surface area contributed by atoms with Crippen molar-refractivity contribution in [2.75, 3.05) is 0 Å². The Morgan fingerprint density at radius 3 is 0.825 bits per heavy atom. The fraction of sp³-hybridized carbons (Fsp3) is 0.213. The topological polar surface area (TPSA) is 0 Å². The second-order valence-electron chi connectivity index (χ2n) is 18.7. The fourth-order valence-electron chi connectivity index (χ4n) is 11.0. The van der Waals surface area contributed by atoms with Crippen LogP contribution in [0.4, 0.5) is 0 Å². The lowest BCUT2D eigenvalue weighted by Gasteiger charge is -2.37. The fourth-order valence-corrected chi connectivity index (χ4v) is 16.8. The number of fused-ring (bicyclic) bond motifs is 10. The van der Waals surface area contributed by atoms with Crippen LogP contribution in [0.5, 0.6) is 0 Å². The van der Waals surface area contributed by atoms with E-state index in [1.165, 1.54) is 143 Å². The molecule has 0 atom stereocenters. The molecule has 2 heteroatoms. The molecule has 0 bridgehead atoms. The summed E-state index contributed by atoms with van der Waals surface area (Å²) in [5, 5.41) is 8.60. The monoisotopic (exact) mass is 852 g/mol. The van der Waals surface area contributed by atoms with Gasteiger partial charge in [-0.15, -0.1) is 0 Å². The molecule has 0 nitrogen and oxygen atoms in total. The third-order valence-corrected chi connectivity index (χ3v) is 20.0. The lowest BCUT2D eigenvalue weighted by molar-refractivity contribution is 0.805. The van der Waals surface area contributed by atoms with Crippen LogP contribution in [0.1, 0.15) is 89.0 Å². The summed E-state index contributed by atoms with van der Waals surface area (Å²) in [6.07, 6.45) is 0. The number of benzene rings is 8. The van der Waals surface area contributed by atoms with Crippen LogP contribution in [0.25, 0.3) is 22.3 Å². The number of rotatable bonds is 6. The van der Waals surface area contributed by atoms with Crippen LogP contribution in [0.2, 0.25) is 0 Å². The molecule has 2 aliphatic rings. The minimum atomic E-state index is -0.994. The summed E-state index contributed by atoms with van der Waals surface area (Å²) in [6.45, 7) is 27.6. The summed E-state index contributed by atoms with van der Waals surface area (Å²) in [5.41, 5.74) is 27.0. The first-order valence-corrected chi connectivity index (χ1v) is 25.3. The zero-order valence-corrected chi connectivity index (χ0v) is 40.9. The highest BCUT2D eigenvalue weighted by atomic mass is 31.1. The number of hydrogen-bond acceptors (Lipinski definition) is 0. The van der Waals surface area contributed by atoms with Gasteiger partial charge in [-0.05, 0) is 242 Å². The molecule has 0 aliphatic heterocycles. The minimum absolute atomic E-state index is 0.542. The van der Waals surface area contributed by atoms with E-state index in [0.29, 0.717) is 0 Å². The van der Waals surface area contributed by atoms with Crippen LogP contribution in [-0.4, -0.2) is 0 Å². The van der Waals surface area contributed by atoms with Gasteiger partial charge in [0.1, 0.15) is 0 Å². The third-order valence-electron chi connectivity index (χ3n) is 15.2. The average Bonchev–Trinajstić information content (AvgIpc) is 3.74. The summed E-state index contributed by atoms with van der Waals surface area (Å²) in [6, 6.07) is 53.5. The first-order chi connectivity index (χ1) is 30.2. The number of aryl methyl sites for hydroxylation is 8. The van der Waals surface area contributed by atoms with Crippen molar-refractivity contribution in [3.05, 3.63) is 222 Å². The van der Waals surface area contributed by atoms with E-state index in [-0.39, 0.29) is 0 Å². The van der Waals surface area contributed by atoms with E-state index < -0.39 is 21.3 Å². The zero-order chi connectivity index (χ0) is 44.2. The highest BCUT2D eigenvalue weighted by Gasteiger charge is 2.55. The summed E-state index contributed by atoms with van der Waals surface area (Å²) in [4.78, 5) is 0. The molecule has 0 saturated carbocycles. The summed E-state index contributed by atoms with van der Waals surface area (Å²) < 4.78 is 0. The molecule has 0 heterocycles. The quantitative estimate of drug-likeness (QED) is 0.146. The van der Waals surface area contributed by atoms with Crippen LogP contribution < -0.4 is 31.8 Å². The Morgan fingerprint density at radius 2 is 0.540 bits per heavy atom. The summed E-state index contributed by atoms with van der Waals surface area (Å²) in [7, 11) is -1.99. The van der Waals surface area contributed by atoms with Gasteiger partial charge in [-0.3, -0.25) is 0 Å². The highest BCUT2D eigenvalue weighted by Crippen LogP contribution is 2.64. The van der Waals surface area contributed by atoms with Gasteiger partial charge >= 0.3 is 0 Å². The molecule has 0 fully saturated rings. The van der Waals surface area contributed by atoms with Crippen molar-refractivity contribution >= 4 is 47.7 Å². The molecule has 1 spiro atoms. The van der Waals surface area contributed by atoms with Crippen molar-refractivity contribution in [2.24, 2.45) is 0 Å². The van der Waals surface area contributed by atoms with Gasteiger partial charge in [0.2, 0.25) is 0 Å². The predicted octanol–water partition coefficient (Wildman–Crippen LogP) is 13.2. The molecule has 312 valence electrons. The van der Waals surface area contributed by atoms with Gasteiger partial charge in [-0.1, -0.05) is 133 Å². The largest absolute Gasteiger partial charge is 0.0738 e. The molecule has 10 rings (SSSR count). The van der Waals surface area contributed by atoms with Crippen LogP contribution >= 0.6 is 15.8 Å². The van der Waals surface area contributed by atoms with E-state index in [0.717, 1.165) is 0 Å². The maximum absolute atomic E-state index is 2.51. The molecule has 0 unspecified atom stereocenters. The Hall–Kier alpha value is -5.38. The van der Waals surface area contributed by atoms with E-state index >= 15 is 0 Å². The van der Waals surface area contributed by atoms with Crippen molar-refractivity contribution in [3.8, 4) is 22.3 Å². The van der Waals surface area contributed by atoms with Gasteiger partial charge in [0, 0.05) is 0 Å². The molecule has 0 saturated heterocycles. The molecular weight excluding hydrogens is 795 g/mol. The molecular formula is C61H58P2. The Labute approximate surface area is 379 Å². The molecule has 0 radical (unpaired) electrons. The van der Waals surface area contributed by atoms with Crippen LogP contribution in [0, 0.1) is 83.1 Å². The molecule has 8 aromatic carbocycles. The first-order valence-electron chi connectivity index (χ1n) is 22.6. The van der Waals surface area contributed by atoms with Crippen molar-refractivity contribution in [1.82, 2.24) is 0 Å². The molecule has 0 aromatic heterocycles. The van der Waals surface area contributed by atoms with Gasteiger partial charge in [0.05, 0.1) is 5.41 Å². The van der Waals surface area contributed by atoms with E-state index in [9.17, 15) is 0 Å². The SMILES string of the molecule is Cc1cc(P(c2cc(C)c(C)c(C)c2)c2cccc3c2C2(c4ccccc4-3)c3ccccc3-c3cccc(P(c4cc(C)c(C)c(C)c4)c4cc(C)c(C)c(C)c4)c32)cc(C)c1C. The Bertz CT molecular complexity index is 2790. The molecule has 0 N–H and O–H groups in total. The van der Waals surface area contributed by atoms with Crippen LogP contribution in [0.15, 0.2) is 133 Å². The number of hydrogen-bond donors (Lipinski definition) is 0. The van der Waals surface area contributed by atoms with Gasteiger partial charge in [-0.2, -0.15) is 0 Å². The van der Waals surface area contributed by atoms with Gasteiger partial charge in [0.15, 0.2) is 0 Å². The lowest BCUT2D eigenvalue weighted by Crippen LogP contribution is -2.38. The second-order valence-corrected chi connectivity index (χ2v) is 23.1. The highest BCUT2D eigenvalue weighted by molar-refractivity contribution is 7.80. The molecule has 8 aromatic rings.